The molecule has 0 atom stereocenters. The number of carbonyl (C=O) groups is 1. The Balaban J connectivity index is 1.45. The molecule has 4 rings (SSSR count). The number of hydrogen-bond donors (Lipinski definition) is 1. The quantitative estimate of drug-likeness (QED) is 0.726. The SMILES string of the molecule is Cc1ccccc1-n1c(CC2CCN(C(=O)c3snnc3C)CC2)n[nH]c1=O. The first-order chi connectivity index (χ1) is 13.5. The number of rotatable bonds is 4. The fourth-order valence-corrected chi connectivity index (χ4v) is 4.32. The van der Waals surface area contributed by atoms with Crippen LogP contribution in [0.5, 0.6) is 0 Å². The average Bonchev–Trinajstić information content (AvgIpc) is 3.28. The Morgan fingerprint density at radius 1 is 1.25 bits per heavy atom. The minimum absolute atomic E-state index is 0.0162. The molecule has 1 aliphatic rings. The summed E-state index contributed by atoms with van der Waals surface area (Å²) < 4.78 is 5.52. The molecule has 0 unspecified atom stereocenters. The number of amides is 1. The highest BCUT2D eigenvalue weighted by Gasteiger charge is 2.27. The number of piperidine rings is 1. The zero-order chi connectivity index (χ0) is 19.7. The minimum Gasteiger partial charge on any atom is -0.338 e. The predicted octanol–water partition coefficient (Wildman–Crippen LogP) is 2.12. The molecule has 28 heavy (non-hydrogen) atoms. The number of likely N-dealkylation sites (tertiary alicyclic amines) is 1. The number of aromatic amines is 1. The fraction of sp³-hybridized carbons (Fsp3) is 0.421. The van der Waals surface area contributed by atoms with Crippen LogP contribution < -0.4 is 5.69 Å². The van der Waals surface area contributed by atoms with E-state index in [4.69, 9.17) is 0 Å². The number of nitrogens with zero attached hydrogens (tertiary/aromatic N) is 5. The van der Waals surface area contributed by atoms with Crippen LogP contribution in [0.1, 0.15) is 39.6 Å². The predicted molar refractivity (Wildman–Crippen MR) is 106 cm³/mol. The van der Waals surface area contributed by atoms with Gasteiger partial charge in [-0.2, -0.15) is 5.10 Å². The van der Waals surface area contributed by atoms with Gasteiger partial charge < -0.3 is 4.90 Å². The molecule has 3 heterocycles. The van der Waals surface area contributed by atoms with Crippen molar-refractivity contribution >= 4 is 17.4 Å². The van der Waals surface area contributed by atoms with Gasteiger partial charge in [0.25, 0.3) is 5.91 Å². The van der Waals surface area contributed by atoms with Gasteiger partial charge in [-0.25, -0.2) is 14.5 Å². The second-order valence-electron chi connectivity index (χ2n) is 7.19. The van der Waals surface area contributed by atoms with Gasteiger partial charge >= 0.3 is 5.69 Å². The molecule has 1 aromatic carbocycles. The molecule has 0 spiro atoms. The summed E-state index contributed by atoms with van der Waals surface area (Å²) in [5.41, 5.74) is 2.36. The summed E-state index contributed by atoms with van der Waals surface area (Å²) >= 11 is 1.15. The van der Waals surface area contributed by atoms with Crippen LogP contribution in [0.2, 0.25) is 0 Å². The van der Waals surface area contributed by atoms with E-state index in [1.807, 2.05) is 43.0 Å². The molecular formula is C19H22N6O2S. The van der Waals surface area contributed by atoms with Gasteiger partial charge in [0.15, 0.2) is 0 Å². The first kappa shape index (κ1) is 18.5. The van der Waals surface area contributed by atoms with Crippen molar-refractivity contribution in [1.82, 2.24) is 29.3 Å². The van der Waals surface area contributed by atoms with Crippen LogP contribution in [0.3, 0.4) is 0 Å². The maximum atomic E-state index is 12.6. The van der Waals surface area contributed by atoms with Gasteiger partial charge in [-0.15, -0.1) is 5.10 Å². The topological polar surface area (TPSA) is 96.8 Å². The molecule has 1 saturated heterocycles. The molecular weight excluding hydrogens is 376 g/mol. The van der Waals surface area contributed by atoms with E-state index in [0.29, 0.717) is 36.0 Å². The van der Waals surface area contributed by atoms with Crippen LogP contribution in [0.25, 0.3) is 5.69 Å². The molecule has 2 aromatic heterocycles. The maximum Gasteiger partial charge on any atom is 0.347 e. The molecule has 146 valence electrons. The summed E-state index contributed by atoms with van der Waals surface area (Å²) in [6.45, 7) is 5.19. The van der Waals surface area contributed by atoms with Crippen LogP contribution in [0.4, 0.5) is 0 Å². The Hall–Kier alpha value is -2.81. The largest absolute Gasteiger partial charge is 0.347 e. The lowest BCUT2D eigenvalue weighted by Gasteiger charge is -2.31. The maximum absolute atomic E-state index is 12.6. The van der Waals surface area contributed by atoms with Crippen molar-refractivity contribution in [2.24, 2.45) is 5.92 Å². The third-order valence-corrected chi connectivity index (χ3v) is 6.13. The van der Waals surface area contributed by atoms with Gasteiger partial charge in [-0.05, 0) is 55.8 Å². The van der Waals surface area contributed by atoms with E-state index in [1.54, 1.807) is 4.57 Å². The first-order valence-electron chi connectivity index (χ1n) is 9.35. The van der Waals surface area contributed by atoms with E-state index < -0.39 is 0 Å². The number of benzene rings is 1. The first-order valence-corrected chi connectivity index (χ1v) is 10.1. The number of aryl methyl sites for hydroxylation is 2. The second kappa shape index (κ2) is 7.67. The average molecular weight is 398 g/mol. The van der Waals surface area contributed by atoms with E-state index in [1.165, 1.54) is 0 Å². The summed E-state index contributed by atoms with van der Waals surface area (Å²) in [6, 6.07) is 7.80. The standard InChI is InChI=1S/C19H22N6O2S/c1-12-5-3-4-6-15(12)25-16(21-22-19(25)27)11-14-7-9-24(10-8-14)18(26)17-13(2)20-23-28-17/h3-6,14H,7-11H2,1-2H3,(H,22,27). The van der Waals surface area contributed by atoms with Crippen LogP contribution in [-0.4, -0.2) is 48.2 Å². The summed E-state index contributed by atoms with van der Waals surface area (Å²) in [5, 5.41) is 10.8. The highest BCUT2D eigenvalue weighted by atomic mass is 32.1. The van der Waals surface area contributed by atoms with E-state index in [2.05, 4.69) is 19.8 Å². The second-order valence-corrected chi connectivity index (χ2v) is 7.95. The number of H-pyrrole nitrogens is 1. The van der Waals surface area contributed by atoms with E-state index >= 15 is 0 Å². The molecule has 0 aliphatic carbocycles. The molecule has 0 saturated carbocycles. The summed E-state index contributed by atoms with van der Waals surface area (Å²) in [4.78, 5) is 27.4. The lowest BCUT2D eigenvalue weighted by atomic mass is 9.93. The van der Waals surface area contributed by atoms with Gasteiger partial charge in [-0.1, -0.05) is 22.7 Å². The number of carbonyl (C=O) groups excluding carboxylic acids is 1. The highest BCUT2D eigenvalue weighted by molar-refractivity contribution is 7.07. The summed E-state index contributed by atoms with van der Waals surface area (Å²) in [6.07, 6.45) is 2.47. The lowest BCUT2D eigenvalue weighted by Crippen LogP contribution is -2.39. The van der Waals surface area contributed by atoms with Gasteiger partial charge in [0.05, 0.1) is 11.4 Å². The minimum atomic E-state index is -0.218. The molecule has 1 N–H and O–H groups in total. The van der Waals surface area contributed by atoms with Crippen molar-refractivity contribution in [3.8, 4) is 5.69 Å². The molecule has 1 fully saturated rings. The summed E-state index contributed by atoms with van der Waals surface area (Å²) in [7, 11) is 0. The van der Waals surface area contributed by atoms with Gasteiger partial charge in [0.1, 0.15) is 10.7 Å². The van der Waals surface area contributed by atoms with Crippen LogP contribution in [0.15, 0.2) is 29.1 Å². The van der Waals surface area contributed by atoms with Crippen LogP contribution in [0, 0.1) is 19.8 Å². The fourth-order valence-electron chi connectivity index (χ4n) is 3.70. The van der Waals surface area contributed by atoms with Crippen molar-refractivity contribution in [2.45, 2.75) is 33.1 Å². The third-order valence-electron chi connectivity index (χ3n) is 5.32. The molecule has 8 nitrogen and oxygen atoms in total. The lowest BCUT2D eigenvalue weighted by molar-refractivity contribution is 0.0693. The summed E-state index contributed by atoms with van der Waals surface area (Å²) in [5.74, 6) is 1.14. The molecule has 0 radical (unpaired) electrons. The van der Waals surface area contributed by atoms with Crippen molar-refractivity contribution in [3.63, 3.8) is 0 Å². The van der Waals surface area contributed by atoms with Crippen LogP contribution in [-0.2, 0) is 6.42 Å². The normalized spacial score (nSPS) is 15.1. The smallest absolute Gasteiger partial charge is 0.338 e. The van der Waals surface area contributed by atoms with Crippen molar-refractivity contribution in [2.75, 3.05) is 13.1 Å². The Bertz CT molecular complexity index is 1040. The van der Waals surface area contributed by atoms with Crippen molar-refractivity contribution in [1.29, 1.82) is 0 Å². The molecule has 3 aromatic rings. The number of nitrogens with one attached hydrogen (secondary N) is 1. The Kier molecular flexibility index (Phi) is 5.08. The Morgan fingerprint density at radius 2 is 2.00 bits per heavy atom. The molecule has 0 bridgehead atoms. The van der Waals surface area contributed by atoms with Gasteiger partial charge in [0.2, 0.25) is 0 Å². The number of hydrogen-bond acceptors (Lipinski definition) is 6. The highest BCUT2D eigenvalue weighted by Crippen LogP contribution is 2.24. The number of aromatic nitrogens is 5. The van der Waals surface area contributed by atoms with E-state index in [0.717, 1.165) is 41.4 Å². The molecule has 1 amide bonds. The van der Waals surface area contributed by atoms with E-state index in [-0.39, 0.29) is 11.6 Å². The van der Waals surface area contributed by atoms with Gasteiger partial charge in [0, 0.05) is 19.5 Å². The molecule has 1 aliphatic heterocycles. The van der Waals surface area contributed by atoms with Crippen molar-refractivity contribution < 1.29 is 4.79 Å². The monoisotopic (exact) mass is 398 g/mol. The van der Waals surface area contributed by atoms with Gasteiger partial charge in [-0.3, -0.25) is 4.79 Å². The number of para-hydroxylation sites is 1. The molecule has 9 heteroatoms. The van der Waals surface area contributed by atoms with E-state index in [9.17, 15) is 9.59 Å². The third kappa shape index (κ3) is 3.49. The van der Waals surface area contributed by atoms with Crippen LogP contribution >= 0.6 is 11.5 Å². The Morgan fingerprint density at radius 3 is 2.68 bits per heavy atom. The van der Waals surface area contributed by atoms with Crippen molar-refractivity contribution in [3.05, 3.63) is 56.7 Å². The zero-order valence-corrected chi connectivity index (χ0v) is 16.7. The zero-order valence-electron chi connectivity index (χ0n) is 15.9. The Labute approximate surface area is 166 Å².